The number of hydrogen-bond donors (Lipinski definition) is 0. The third-order valence-corrected chi connectivity index (χ3v) is 11.8. The van der Waals surface area contributed by atoms with Gasteiger partial charge in [0.15, 0.2) is 0 Å². The number of carbonyl (C=O) groups is 4. The average Bonchev–Trinajstić information content (AvgIpc) is 3.61. The van der Waals surface area contributed by atoms with Gasteiger partial charge in [0.25, 0.3) is 45.9 Å². The summed E-state index contributed by atoms with van der Waals surface area (Å²) in [5.74, 6) is -2.33. The molecule has 4 amide bonds. The molecule has 0 spiro atoms. The summed E-state index contributed by atoms with van der Waals surface area (Å²) >= 11 is 0. The molecule has 12 nitrogen and oxygen atoms in total. The van der Waals surface area contributed by atoms with Crippen LogP contribution < -0.4 is 27.1 Å². The molecule has 2 aromatic heterocycles. The summed E-state index contributed by atoms with van der Waals surface area (Å²) in [6.45, 7) is 4.81. The van der Waals surface area contributed by atoms with E-state index in [1.54, 1.807) is 0 Å². The van der Waals surface area contributed by atoms with Crippen molar-refractivity contribution in [3.8, 4) is 5.69 Å². The number of anilines is 1. The maximum absolute atomic E-state index is 14.2. The van der Waals surface area contributed by atoms with Crippen LogP contribution >= 0.6 is 0 Å². The van der Waals surface area contributed by atoms with Crippen molar-refractivity contribution >= 4 is 61.6 Å². The summed E-state index contributed by atoms with van der Waals surface area (Å²) < 4.78 is 2.08. The van der Waals surface area contributed by atoms with E-state index in [0.29, 0.717) is 12.8 Å². The summed E-state index contributed by atoms with van der Waals surface area (Å²) in [5.41, 5.74) is -1.52. The third-order valence-electron chi connectivity index (χ3n) is 11.8. The molecule has 0 saturated heterocycles. The zero-order chi connectivity index (χ0) is 40.8. The number of nitrogens with zero attached hydrogens (tertiary/aromatic N) is 4. The fraction of sp³-hybridized carbons (Fsp3) is 0.348. The van der Waals surface area contributed by atoms with E-state index in [1.807, 2.05) is 0 Å². The summed E-state index contributed by atoms with van der Waals surface area (Å²) in [7, 11) is 0. The Balaban J connectivity index is 1.10. The lowest BCUT2D eigenvalue weighted by molar-refractivity contribution is 0.0606. The van der Waals surface area contributed by atoms with Gasteiger partial charge in [0.2, 0.25) is 0 Å². The van der Waals surface area contributed by atoms with Crippen LogP contribution in [0.5, 0.6) is 0 Å². The van der Waals surface area contributed by atoms with Crippen molar-refractivity contribution in [3.63, 3.8) is 0 Å². The minimum Gasteiger partial charge on any atom is -0.274 e. The first-order valence-corrected chi connectivity index (χ1v) is 20.5. The molecule has 0 radical (unpaired) electrons. The van der Waals surface area contributed by atoms with Gasteiger partial charge in [-0.1, -0.05) is 84.1 Å². The molecule has 0 saturated carbocycles. The second kappa shape index (κ2) is 15.6. The van der Waals surface area contributed by atoms with E-state index < -0.39 is 45.9 Å². The van der Waals surface area contributed by atoms with Crippen LogP contribution in [0.4, 0.5) is 5.69 Å². The van der Waals surface area contributed by atoms with E-state index in [2.05, 4.69) is 13.8 Å². The molecule has 0 unspecified atom stereocenters. The summed E-state index contributed by atoms with van der Waals surface area (Å²) in [4.78, 5) is 112. The van der Waals surface area contributed by atoms with Crippen LogP contribution in [0.2, 0.25) is 0 Å². The number of rotatable bonds is 16. The minimum atomic E-state index is -0.713. The van der Waals surface area contributed by atoms with Crippen LogP contribution in [-0.4, -0.2) is 44.2 Å². The van der Waals surface area contributed by atoms with E-state index in [0.717, 1.165) is 73.7 Å². The Bertz CT molecular complexity index is 2760. The molecule has 12 heteroatoms. The Kier molecular flexibility index (Phi) is 10.3. The molecule has 0 N–H and O–H groups in total. The number of carbonyl (C=O) groups excluding carboxylic acids is 4. The quantitative estimate of drug-likeness (QED) is 0.0740. The minimum absolute atomic E-state index is 0.0230. The van der Waals surface area contributed by atoms with Crippen LogP contribution in [0.3, 0.4) is 0 Å². The van der Waals surface area contributed by atoms with Gasteiger partial charge in [0.05, 0.1) is 32.9 Å². The highest BCUT2D eigenvalue weighted by atomic mass is 16.2. The Hall–Kier alpha value is -6.30. The fourth-order valence-electron chi connectivity index (χ4n) is 8.70. The Labute approximate surface area is 333 Å². The average molecular weight is 781 g/mol. The fourth-order valence-corrected chi connectivity index (χ4v) is 8.70. The van der Waals surface area contributed by atoms with Gasteiger partial charge in [-0.25, -0.2) is 9.47 Å². The van der Waals surface area contributed by atoms with Crippen LogP contribution in [0, 0.1) is 0 Å². The van der Waals surface area contributed by atoms with E-state index in [-0.39, 0.29) is 79.0 Å². The SMILES string of the molecule is CCCCCCCCN1C(=O)c2ccc3c4c(ccc(c24)C1=O)C(=O)N(c1cccc(-n2c(=O)c4cc5c(=O)n(CCCCCCCC)c(=O)c5cc4c2=O)c1)C3=O. The number of unbranched alkanes of at least 4 members (excludes halogenated alkanes) is 10. The predicted octanol–water partition coefficient (Wildman–Crippen LogP) is 7.17. The smallest absolute Gasteiger partial charge is 0.266 e. The molecule has 0 aliphatic carbocycles. The Morgan fingerprint density at radius 3 is 1.33 bits per heavy atom. The highest BCUT2D eigenvalue weighted by Crippen LogP contribution is 2.39. The van der Waals surface area contributed by atoms with Gasteiger partial charge in [-0.3, -0.25) is 47.8 Å². The van der Waals surface area contributed by atoms with Crippen molar-refractivity contribution in [3.05, 3.63) is 124 Å². The molecule has 8 rings (SSSR count). The maximum Gasteiger partial charge on any atom is 0.266 e. The van der Waals surface area contributed by atoms with Crippen LogP contribution in [-0.2, 0) is 6.54 Å². The summed E-state index contributed by atoms with van der Waals surface area (Å²) in [6, 6.07) is 14.5. The molecule has 0 bridgehead atoms. The Morgan fingerprint density at radius 2 is 0.828 bits per heavy atom. The molecular formula is C46H44N4O8. The normalized spacial score (nSPS) is 14.0. The molecule has 4 heterocycles. The van der Waals surface area contributed by atoms with Crippen molar-refractivity contribution in [2.24, 2.45) is 0 Å². The van der Waals surface area contributed by atoms with E-state index in [1.165, 1.54) is 70.1 Å². The second-order valence-electron chi connectivity index (χ2n) is 15.5. The van der Waals surface area contributed by atoms with Crippen LogP contribution in [0.25, 0.3) is 38.0 Å². The molecule has 6 aromatic rings. The third kappa shape index (κ3) is 6.22. The standard InChI is InChI=1S/C46H44N4O8/c1-3-5-7-9-11-13-22-47-39(51)29-18-20-31-38-32(21-19-30(37(29)38)40(47)52)44(56)49(43(31)55)27-16-15-17-28(24-27)50-45(57)35-25-33-34(26-36(35)46(50)58)42(54)48(41(33)53)23-14-12-10-8-6-4-2/h15-21,24-26H,3-14,22-23H2,1-2H3. The number of hydrogen-bond acceptors (Lipinski definition) is 8. The van der Waals surface area contributed by atoms with Crippen LogP contribution in [0.1, 0.15) is 132 Å². The largest absolute Gasteiger partial charge is 0.274 e. The molecule has 0 atom stereocenters. The molecule has 0 fully saturated rings. The topological polar surface area (TPSA) is 153 Å². The van der Waals surface area contributed by atoms with Gasteiger partial charge in [0.1, 0.15) is 0 Å². The molecule has 2 aliphatic heterocycles. The summed E-state index contributed by atoms with van der Waals surface area (Å²) in [5, 5.41) is 0.615. The van der Waals surface area contributed by atoms with E-state index in [9.17, 15) is 38.4 Å². The number of fused-ring (bicyclic) bond motifs is 2. The maximum atomic E-state index is 14.2. The first-order chi connectivity index (χ1) is 28.1. The zero-order valence-electron chi connectivity index (χ0n) is 32.7. The number of amides is 4. The Morgan fingerprint density at radius 1 is 0.414 bits per heavy atom. The molecular weight excluding hydrogens is 737 g/mol. The van der Waals surface area contributed by atoms with Gasteiger partial charge < -0.3 is 0 Å². The van der Waals surface area contributed by atoms with Crippen molar-refractivity contribution in [2.45, 2.75) is 97.4 Å². The van der Waals surface area contributed by atoms with Gasteiger partial charge in [-0.15, -0.1) is 0 Å². The van der Waals surface area contributed by atoms with Crippen molar-refractivity contribution in [1.82, 2.24) is 14.0 Å². The van der Waals surface area contributed by atoms with Crippen molar-refractivity contribution in [1.29, 1.82) is 0 Å². The zero-order valence-corrected chi connectivity index (χ0v) is 32.7. The van der Waals surface area contributed by atoms with Gasteiger partial charge in [0, 0.05) is 46.1 Å². The highest BCUT2D eigenvalue weighted by Gasteiger charge is 2.40. The second-order valence-corrected chi connectivity index (χ2v) is 15.5. The number of benzene rings is 4. The molecule has 296 valence electrons. The van der Waals surface area contributed by atoms with Crippen molar-refractivity contribution < 1.29 is 19.2 Å². The highest BCUT2D eigenvalue weighted by molar-refractivity contribution is 6.39. The van der Waals surface area contributed by atoms with Gasteiger partial charge >= 0.3 is 0 Å². The number of aromatic nitrogens is 2. The first kappa shape index (κ1) is 38.6. The lowest BCUT2D eigenvalue weighted by Crippen LogP contribution is -2.43. The summed E-state index contributed by atoms with van der Waals surface area (Å²) in [6.07, 6.45) is 11.9. The van der Waals surface area contributed by atoms with Gasteiger partial charge in [-0.05, 0) is 67.4 Å². The van der Waals surface area contributed by atoms with E-state index in [4.69, 9.17) is 0 Å². The molecule has 4 aromatic carbocycles. The van der Waals surface area contributed by atoms with Crippen LogP contribution in [0.15, 0.2) is 79.8 Å². The van der Waals surface area contributed by atoms with Crippen molar-refractivity contribution in [2.75, 3.05) is 11.4 Å². The van der Waals surface area contributed by atoms with E-state index >= 15 is 0 Å². The predicted molar refractivity (Wildman–Crippen MR) is 223 cm³/mol. The lowest BCUT2D eigenvalue weighted by Gasteiger charge is -2.32. The molecule has 2 aliphatic rings. The monoisotopic (exact) mass is 780 g/mol. The van der Waals surface area contributed by atoms with Gasteiger partial charge in [-0.2, -0.15) is 0 Å². The number of imide groups is 2. The molecule has 58 heavy (non-hydrogen) atoms. The first-order valence-electron chi connectivity index (χ1n) is 20.5. The lowest BCUT2D eigenvalue weighted by atomic mass is 9.85.